The molecular weight excluding hydrogens is 448 g/mol. The second-order valence-corrected chi connectivity index (χ2v) is 10.0. The summed E-state index contributed by atoms with van der Waals surface area (Å²) in [5, 5.41) is 12.4. The third-order valence-electron chi connectivity index (χ3n) is 7.62. The van der Waals surface area contributed by atoms with Gasteiger partial charge in [-0.05, 0) is 42.0 Å². The number of amides is 2. The molecule has 2 N–H and O–H groups in total. The van der Waals surface area contributed by atoms with Crippen LogP contribution >= 0.6 is 0 Å². The fourth-order valence-electron chi connectivity index (χ4n) is 5.61. The molecule has 5 rings (SSSR count). The van der Waals surface area contributed by atoms with Crippen LogP contribution in [0.5, 0.6) is 0 Å². The quantitative estimate of drug-likeness (QED) is 0.683. The number of piperidine rings is 1. The molecule has 2 fully saturated rings. The number of carboxylic acids is 1. The third-order valence-corrected chi connectivity index (χ3v) is 7.62. The zero-order valence-corrected chi connectivity index (χ0v) is 19.8. The molecule has 0 saturated carbocycles. The molecule has 0 spiro atoms. The predicted molar refractivity (Wildman–Crippen MR) is 128 cm³/mol. The van der Waals surface area contributed by atoms with Crippen LogP contribution < -0.4 is 5.32 Å². The molecule has 35 heavy (non-hydrogen) atoms. The minimum atomic E-state index is -1.25. The lowest BCUT2D eigenvalue weighted by Crippen LogP contribution is -2.63. The van der Waals surface area contributed by atoms with Gasteiger partial charge in [0.25, 0.3) is 5.91 Å². The van der Waals surface area contributed by atoms with Gasteiger partial charge in [0.2, 0.25) is 0 Å². The van der Waals surface area contributed by atoms with Gasteiger partial charge in [0.15, 0.2) is 0 Å². The molecule has 184 valence electrons. The summed E-state index contributed by atoms with van der Waals surface area (Å²) in [6.45, 7) is 2.73. The van der Waals surface area contributed by atoms with E-state index in [2.05, 4.69) is 17.4 Å². The molecule has 2 aromatic carbocycles. The van der Waals surface area contributed by atoms with Crippen LogP contribution in [0.2, 0.25) is 0 Å². The second-order valence-electron chi connectivity index (χ2n) is 10.0. The van der Waals surface area contributed by atoms with Crippen molar-refractivity contribution < 1.29 is 29.0 Å². The van der Waals surface area contributed by atoms with Gasteiger partial charge in [-0.3, -0.25) is 9.59 Å². The number of ether oxygens (including phenoxy) is 2. The lowest BCUT2D eigenvalue weighted by Gasteiger charge is -2.41. The Morgan fingerprint density at radius 1 is 1.09 bits per heavy atom. The maximum absolute atomic E-state index is 13.5. The van der Waals surface area contributed by atoms with Gasteiger partial charge in [-0.1, -0.05) is 48.5 Å². The predicted octanol–water partition coefficient (Wildman–Crippen LogP) is 3.40. The Hall–Kier alpha value is -3.39. The largest absolute Gasteiger partial charge is 0.481 e. The molecule has 8 nitrogen and oxygen atoms in total. The minimum absolute atomic E-state index is 0.0380. The van der Waals surface area contributed by atoms with Gasteiger partial charge in [0, 0.05) is 32.0 Å². The van der Waals surface area contributed by atoms with Crippen molar-refractivity contribution >= 4 is 18.0 Å². The summed E-state index contributed by atoms with van der Waals surface area (Å²) in [5.74, 6) is -1.31. The van der Waals surface area contributed by atoms with Crippen LogP contribution in [0.4, 0.5) is 4.79 Å². The van der Waals surface area contributed by atoms with E-state index in [1.54, 1.807) is 11.8 Å². The highest BCUT2D eigenvalue weighted by atomic mass is 16.6. The van der Waals surface area contributed by atoms with Crippen LogP contribution in [0.3, 0.4) is 0 Å². The van der Waals surface area contributed by atoms with Crippen molar-refractivity contribution in [2.45, 2.75) is 37.6 Å². The minimum Gasteiger partial charge on any atom is -0.481 e. The van der Waals surface area contributed by atoms with E-state index in [4.69, 9.17) is 9.47 Å². The number of carbonyl (C=O) groups is 3. The number of likely N-dealkylation sites (tertiary alicyclic amines) is 1. The summed E-state index contributed by atoms with van der Waals surface area (Å²) in [5.41, 5.74) is 2.24. The number of carboxylic acid groups (broad SMARTS) is 1. The fourth-order valence-corrected chi connectivity index (χ4v) is 5.61. The summed E-state index contributed by atoms with van der Waals surface area (Å²) < 4.78 is 11.2. The number of hydrogen-bond donors (Lipinski definition) is 2. The third kappa shape index (κ3) is 4.16. The van der Waals surface area contributed by atoms with Crippen LogP contribution in [0, 0.1) is 5.41 Å². The lowest BCUT2D eigenvalue weighted by molar-refractivity contribution is -0.155. The van der Waals surface area contributed by atoms with Gasteiger partial charge in [-0.25, -0.2) is 4.79 Å². The number of nitrogens with one attached hydrogen (secondary N) is 1. The van der Waals surface area contributed by atoms with Crippen molar-refractivity contribution in [1.82, 2.24) is 10.2 Å². The highest BCUT2D eigenvalue weighted by molar-refractivity contribution is 5.91. The van der Waals surface area contributed by atoms with Crippen molar-refractivity contribution in [2.75, 3.05) is 32.9 Å². The lowest BCUT2D eigenvalue weighted by atomic mass is 9.81. The van der Waals surface area contributed by atoms with Crippen molar-refractivity contribution in [3.63, 3.8) is 0 Å². The number of fused-ring (bicyclic) bond motifs is 3. The molecule has 2 heterocycles. The van der Waals surface area contributed by atoms with Crippen LogP contribution in [0.25, 0.3) is 11.1 Å². The van der Waals surface area contributed by atoms with Gasteiger partial charge in [0.05, 0.1) is 12.0 Å². The van der Waals surface area contributed by atoms with Crippen LogP contribution in [-0.2, 0) is 19.1 Å². The number of rotatable bonds is 5. The summed E-state index contributed by atoms with van der Waals surface area (Å²) in [6.07, 6.45) is 0.742. The van der Waals surface area contributed by atoms with Gasteiger partial charge in [-0.2, -0.15) is 0 Å². The molecule has 0 aromatic heterocycles. The van der Waals surface area contributed by atoms with E-state index in [0.717, 1.165) is 22.3 Å². The number of carbonyl (C=O) groups excluding carboxylic acids is 2. The topological polar surface area (TPSA) is 105 Å². The summed E-state index contributed by atoms with van der Waals surface area (Å²) in [6, 6.07) is 16.2. The highest BCUT2D eigenvalue weighted by Gasteiger charge is 2.49. The molecular formula is C27H30N2O6. The van der Waals surface area contributed by atoms with E-state index in [0.29, 0.717) is 32.4 Å². The maximum Gasteiger partial charge on any atom is 0.408 e. The number of aliphatic carboxylic acids is 1. The molecule has 2 aromatic rings. The molecule has 0 bridgehead atoms. The van der Waals surface area contributed by atoms with Crippen LogP contribution in [0.15, 0.2) is 48.5 Å². The number of hydrogen-bond acceptors (Lipinski definition) is 5. The van der Waals surface area contributed by atoms with E-state index >= 15 is 0 Å². The smallest absolute Gasteiger partial charge is 0.408 e. The van der Waals surface area contributed by atoms with Crippen molar-refractivity contribution in [2.24, 2.45) is 5.41 Å². The Bertz CT molecular complexity index is 1110. The molecule has 2 atom stereocenters. The van der Waals surface area contributed by atoms with Gasteiger partial charge >= 0.3 is 12.1 Å². The molecule has 0 radical (unpaired) electrons. The van der Waals surface area contributed by atoms with Crippen molar-refractivity contribution in [1.29, 1.82) is 0 Å². The Kier molecular flexibility index (Phi) is 6.01. The average molecular weight is 479 g/mol. The molecule has 3 aliphatic rings. The molecule has 2 saturated heterocycles. The van der Waals surface area contributed by atoms with E-state index < -0.39 is 23.0 Å². The zero-order valence-electron chi connectivity index (χ0n) is 19.8. The summed E-state index contributed by atoms with van der Waals surface area (Å²) >= 11 is 0. The Morgan fingerprint density at radius 2 is 1.74 bits per heavy atom. The second kappa shape index (κ2) is 9.00. The average Bonchev–Trinajstić information content (AvgIpc) is 3.46. The normalized spacial score (nSPS) is 25.6. The van der Waals surface area contributed by atoms with E-state index in [-0.39, 0.29) is 31.6 Å². The molecule has 8 heteroatoms. The Labute approximate surface area is 204 Å². The van der Waals surface area contributed by atoms with Crippen LogP contribution in [0.1, 0.15) is 43.2 Å². The van der Waals surface area contributed by atoms with E-state index in [1.165, 1.54) is 0 Å². The van der Waals surface area contributed by atoms with Gasteiger partial charge in [-0.15, -0.1) is 0 Å². The van der Waals surface area contributed by atoms with E-state index in [1.807, 2.05) is 36.4 Å². The first kappa shape index (κ1) is 23.4. The molecule has 2 aliphatic heterocycles. The number of alkyl carbamates (subject to hydrolysis) is 1. The first-order valence-electron chi connectivity index (χ1n) is 12.1. The molecule has 2 amide bonds. The Balaban J connectivity index is 1.29. The SMILES string of the molecule is CC1(C(=O)O)CCCN(C(=O)C2(NC(=O)OCC3c4ccccc4-c4ccccc43)CCOC2)C1. The highest BCUT2D eigenvalue weighted by Crippen LogP contribution is 2.44. The molecule has 1 aliphatic carbocycles. The van der Waals surface area contributed by atoms with Gasteiger partial charge < -0.3 is 24.8 Å². The summed E-state index contributed by atoms with van der Waals surface area (Å²) in [7, 11) is 0. The van der Waals surface area contributed by atoms with Crippen LogP contribution in [-0.4, -0.2) is 66.4 Å². The van der Waals surface area contributed by atoms with Gasteiger partial charge in [0.1, 0.15) is 12.1 Å². The number of benzene rings is 2. The Morgan fingerprint density at radius 3 is 2.34 bits per heavy atom. The van der Waals surface area contributed by atoms with Crippen molar-refractivity contribution in [3.05, 3.63) is 59.7 Å². The first-order chi connectivity index (χ1) is 16.8. The van der Waals surface area contributed by atoms with E-state index in [9.17, 15) is 19.5 Å². The number of nitrogens with zero attached hydrogens (tertiary/aromatic N) is 1. The van der Waals surface area contributed by atoms with Crippen molar-refractivity contribution in [3.8, 4) is 11.1 Å². The fraction of sp³-hybridized carbons (Fsp3) is 0.444. The monoisotopic (exact) mass is 478 g/mol. The zero-order chi connectivity index (χ0) is 24.6. The first-order valence-corrected chi connectivity index (χ1v) is 12.1. The summed E-state index contributed by atoms with van der Waals surface area (Å²) in [4.78, 5) is 39.8. The molecule has 2 unspecified atom stereocenters. The standard InChI is InChI=1S/C27H30N2O6/c1-26(24(31)32)11-6-13-29(16-26)23(30)27(12-14-34-17-27)28-25(33)35-15-22-20-9-4-2-7-18(20)19-8-3-5-10-21(19)22/h2-5,7-10,22H,6,11-17H2,1H3,(H,28,33)(H,31,32). The maximum atomic E-state index is 13.5.